The van der Waals surface area contributed by atoms with Crippen molar-refractivity contribution in [2.24, 2.45) is 0 Å². The highest BCUT2D eigenvalue weighted by Crippen LogP contribution is 2.12. The van der Waals surface area contributed by atoms with E-state index in [1.54, 1.807) is 6.08 Å². The number of benzene rings is 2. The first-order valence-electron chi connectivity index (χ1n) is 8.34. The number of aromatic nitrogens is 3. The van der Waals surface area contributed by atoms with Crippen LogP contribution in [0.25, 0.3) is 11.0 Å². The highest BCUT2D eigenvalue weighted by atomic mass is 32.1. The van der Waals surface area contributed by atoms with E-state index in [-0.39, 0.29) is 27.3 Å². The van der Waals surface area contributed by atoms with Gasteiger partial charge in [0.15, 0.2) is 0 Å². The van der Waals surface area contributed by atoms with Gasteiger partial charge < -0.3 is 0 Å². The van der Waals surface area contributed by atoms with Crippen LogP contribution in [-0.2, 0) is 6.42 Å². The molecule has 4 rings (SSSR count). The van der Waals surface area contributed by atoms with Gasteiger partial charge in [-0.05, 0) is 41.5 Å². The summed E-state index contributed by atoms with van der Waals surface area (Å²) in [5, 5.41) is 14.9. The lowest BCUT2D eigenvalue weighted by Crippen LogP contribution is -2.28. The Morgan fingerprint density at radius 2 is 1.79 bits per heavy atom. The van der Waals surface area contributed by atoms with Crippen LogP contribution in [0.5, 0.6) is 0 Å². The zero-order valence-corrected chi connectivity index (χ0v) is 15.4. The molecule has 0 spiro atoms. The van der Waals surface area contributed by atoms with Crippen molar-refractivity contribution < 1.29 is 9.31 Å². The van der Waals surface area contributed by atoms with E-state index in [0.29, 0.717) is 11.1 Å². The van der Waals surface area contributed by atoms with Crippen molar-refractivity contribution in [3.8, 4) is 0 Å². The van der Waals surface area contributed by atoms with Crippen molar-refractivity contribution in [2.75, 3.05) is 0 Å². The molecule has 0 N–H and O–H groups in total. The minimum atomic E-state index is -0.558. The molecule has 2 heterocycles. The van der Waals surface area contributed by atoms with Gasteiger partial charge in [-0.3, -0.25) is 19.7 Å². The molecule has 0 aliphatic rings. The van der Waals surface area contributed by atoms with Crippen molar-refractivity contribution >= 4 is 28.1 Å². The summed E-state index contributed by atoms with van der Waals surface area (Å²) in [7, 11) is 0. The van der Waals surface area contributed by atoms with Gasteiger partial charge in [-0.2, -0.15) is 14.6 Å². The van der Waals surface area contributed by atoms with Crippen LogP contribution >= 0.6 is 11.3 Å². The Morgan fingerprint density at radius 1 is 1.10 bits per heavy atom. The largest absolute Gasteiger partial charge is 0.296 e. The third-order valence-corrected chi connectivity index (χ3v) is 5.10. The highest BCUT2D eigenvalue weighted by molar-refractivity contribution is 7.15. The molecule has 0 aliphatic heterocycles. The number of nitro benzene ring substituents is 1. The predicted molar refractivity (Wildman–Crippen MR) is 104 cm³/mol. The van der Waals surface area contributed by atoms with Crippen molar-refractivity contribution in [2.45, 2.75) is 6.42 Å². The van der Waals surface area contributed by atoms with Crippen LogP contribution in [0.4, 0.5) is 10.1 Å². The van der Waals surface area contributed by atoms with Crippen LogP contribution in [-0.4, -0.2) is 19.5 Å². The Balaban J connectivity index is 1.75. The van der Waals surface area contributed by atoms with Crippen LogP contribution in [0.15, 0.2) is 58.1 Å². The maximum Gasteiger partial charge on any atom is 0.296 e. The Bertz CT molecular complexity index is 1400. The lowest BCUT2D eigenvalue weighted by molar-refractivity contribution is -0.384. The van der Waals surface area contributed by atoms with Crippen molar-refractivity contribution in [3.63, 3.8) is 0 Å². The minimum Gasteiger partial charge on any atom is -0.266 e. The number of thiazole rings is 1. The Morgan fingerprint density at radius 3 is 2.45 bits per heavy atom. The molecule has 29 heavy (non-hydrogen) atoms. The summed E-state index contributed by atoms with van der Waals surface area (Å²) in [6.07, 6.45) is 1.67. The molecule has 0 saturated carbocycles. The van der Waals surface area contributed by atoms with E-state index in [0.717, 1.165) is 15.9 Å². The molecule has 8 nitrogen and oxygen atoms in total. The van der Waals surface area contributed by atoms with Crippen LogP contribution in [0, 0.1) is 15.9 Å². The predicted octanol–water partition coefficient (Wildman–Crippen LogP) is 1.70. The lowest BCUT2D eigenvalue weighted by atomic mass is 10.1. The second-order valence-electron chi connectivity index (χ2n) is 6.13. The number of nitro groups is 1. The number of hydrogen-bond acceptors (Lipinski definition) is 7. The Labute approximate surface area is 165 Å². The normalized spacial score (nSPS) is 11.8. The summed E-state index contributed by atoms with van der Waals surface area (Å²) in [5.74, 6) is -0.391. The summed E-state index contributed by atoms with van der Waals surface area (Å²) < 4.78 is 14.4. The Kier molecular flexibility index (Phi) is 4.69. The molecule has 2 aromatic heterocycles. The fourth-order valence-corrected chi connectivity index (χ4v) is 3.60. The number of hydrogen-bond donors (Lipinski definition) is 0. The van der Waals surface area contributed by atoms with Crippen LogP contribution in [0.1, 0.15) is 16.8 Å². The summed E-state index contributed by atoms with van der Waals surface area (Å²) in [6, 6.07) is 11.3. The molecule has 0 radical (unpaired) electrons. The van der Waals surface area contributed by atoms with Gasteiger partial charge in [-0.15, -0.1) is 0 Å². The quantitative estimate of drug-likeness (QED) is 0.374. The molecule has 0 fully saturated rings. The molecule has 10 heteroatoms. The maximum atomic E-state index is 13.0. The third-order valence-electron chi connectivity index (χ3n) is 4.14. The minimum absolute atomic E-state index is 0.0556. The van der Waals surface area contributed by atoms with E-state index in [9.17, 15) is 24.1 Å². The molecule has 144 valence electrons. The van der Waals surface area contributed by atoms with E-state index in [4.69, 9.17) is 0 Å². The van der Waals surface area contributed by atoms with Gasteiger partial charge in [0.25, 0.3) is 16.8 Å². The zero-order chi connectivity index (χ0) is 20.5. The van der Waals surface area contributed by atoms with Gasteiger partial charge in [0.1, 0.15) is 11.5 Å². The van der Waals surface area contributed by atoms with Gasteiger partial charge in [-0.25, -0.2) is 4.39 Å². The first kappa shape index (κ1) is 18.6. The van der Waals surface area contributed by atoms with Crippen molar-refractivity contribution in [1.29, 1.82) is 0 Å². The van der Waals surface area contributed by atoms with Crippen LogP contribution in [0.2, 0.25) is 0 Å². The molecular formula is C19H11FN4O4S. The lowest BCUT2D eigenvalue weighted by Gasteiger charge is -2.00. The fraction of sp³-hybridized carbons (Fsp3) is 0.0526. The molecule has 0 saturated heterocycles. The molecule has 0 atom stereocenters. The molecule has 0 aliphatic carbocycles. The van der Waals surface area contributed by atoms with Gasteiger partial charge in [0.2, 0.25) is 4.96 Å². The summed E-state index contributed by atoms with van der Waals surface area (Å²) in [4.78, 5) is 39.2. The van der Waals surface area contributed by atoms with E-state index >= 15 is 0 Å². The highest BCUT2D eigenvalue weighted by Gasteiger charge is 2.12. The molecule has 0 unspecified atom stereocenters. The molecule has 2 aromatic carbocycles. The van der Waals surface area contributed by atoms with Crippen LogP contribution in [0.3, 0.4) is 0 Å². The average molecular weight is 410 g/mol. The van der Waals surface area contributed by atoms with Crippen LogP contribution < -0.4 is 15.7 Å². The second-order valence-corrected chi connectivity index (χ2v) is 7.13. The van der Waals surface area contributed by atoms with E-state index in [2.05, 4.69) is 10.1 Å². The topological polar surface area (TPSA) is 107 Å². The number of non-ortho nitro benzene ring substituents is 1. The van der Waals surface area contributed by atoms with E-state index in [1.165, 1.54) is 48.5 Å². The van der Waals surface area contributed by atoms with Gasteiger partial charge in [0, 0.05) is 18.6 Å². The molecule has 0 amide bonds. The first-order chi connectivity index (χ1) is 13.9. The SMILES string of the molecule is O=c1nc2s/c(=C/c3ccc([N+](=O)[O-])cc3)c(=O)n2nc1Cc1ccc(F)cc1. The zero-order valence-electron chi connectivity index (χ0n) is 14.6. The van der Waals surface area contributed by atoms with Crippen molar-refractivity contribution in [3.05, 3.63) is 107 Å². The summed E-state index contributed by atoms with van der Waals surface area (Å²) in [6.45, 7) is 0. The first-order valence-corrected chi connectivity index (χ1v) is 9.16. The second kappa shape index (κ2) is 7.32. The van der Waals surface area contributed by atoms with Gasteiger partial charge in [-0.1, -0.05) is 23.5 Å². The number of nitrogens with zero attached hydrogens (tertiary/aromatic N) is 4. The monoisotopic (exact) mass is 410 g/mol. The van der Waals surface area contributed by atoms with E-state index < -0.39 is 21.9 Å². The fourth-order valence-electron chi connectivity index (χ4n) is 2.69. The standard InChI is InChI=1S/C19H11FN4O4S/c20-13-5-1-11(2-6-13)9-15-17(25)21-19-23(22-15)18(26)16(29-19)10-12-3-7-14(8-4-12)24(27)28/h1-8,10H,9H2/b16-10+. The summed E-state index contributed by atoms with van der Waals surface area (Å²) in [5.41, 5.74) is 0.270. The maximum absolute atomic E-state index is 13.0. The Hall–Kier alpha value is -3.79. The third kappa shape index (κ3) is 3.78. The number of halogens is 1. The van der Waals surface area contributed by atoms with Gasteiger partial charge in [0.05, 0.1) is 9.46 Å². The smallest absolute Gasteiger partial charge is 0.266 e. The summed E-state index contributed by atoms with van der Waals surface area (Å²) >= 11 is 0.998. The molecular weight excluding hydrogens is 399 g/mol. The number of fused-ring (bicyclic) bond motifs is 1. The van der Waals surface area contributed by atoms with E-state index in [1.807, 2.05) is 0 Å². The molecule has 4 aromatic rings. The van der Waals surface area contributed by atoms with Gasteiger partial charge >= 0.3 is 0 Å². The number of rotatable bonds is 4. The van der Waals surface area contributed by atoms with Crippen molar-refractivity contribution in [1.82, 2.24) is 14.6 Å². The molecule has 0 bridgehead atoms. The average Bonchev–Trinajstić information content (AvgIpc) is 2.99.